The molecule has 0 fully saturated rings. The molecule has 2 aromatic rings. The molecule has 0 spiro atoms. The van der Waals surface area contributed by atoms with Gasteiger partial charge in [0.2, 0.25) is 0 Å². The molecule has 6 nitrogen and oxygen atoms in total. The Morgan fingerprint density at radius 1 is 1.40 bits per heavy atom. The lowest BCUT2D eigenvalue weighted by Crippen LogP contribution is -2.08. The van der Waals surface area contributed by atoms with Gasteiger partial charge in [-0.25, -0.2) is 4.68 Å². The maximum absolute atomic E-state index is 10.9. The SMILES string of the molecule is CCc1ccc(OCc2c(C=O)nnn2CC#N)cc1. The van der Waals surface area contributed by atoms with Crippen molar-refractivity contribution in [2.75, 3.05) is 0 Å². The Bertz CT molecular complexity index is 626. The summed E-state index contributed by atoms with van der Waals surface area (Å²) in [6, 6.07) is 9.68. The molecule has 0 aliphatic heterocycles. The van der Waals surface area contributed by atoms with Crippen molar-refractivity contribution in [2.45, 2.75) is 26.5 Å². The van der Waals surface area contributed by atoms with Crippen LogP contribution in [0.5, 0.6) is 5.75 Å². The van der Waals surface area contributed by atoms with Gasteiger partial charge in [0.1, 0.15) is 24.6 Å². The number of carbonyl (C=O) groups is 1. The van der Waals surface area contributed by atoms with E-state index in [1.807, 2.05) is 30.3 Å². The molecule has 0 radical (unpaired) electrons. The van der Waals surface area contributed by atoms with Crippen molar-refractivity contribution < 1.29 is 9.53 Å². The molecule has 0 N–H and O–H groups in total. The zero-order chi connectivity index (χ0) is 14.4. The number of hydrogen-bond acceptors (Lipinski definition) is 5. The molecule has 102 valence electrons. The summed E-state index contributed by atoms with van der Waals surface area (Å²) in [5, 5.41) is 16.2. The number of nitrogens with zero attached hydrogens (tertiary/aromatic N) is 4. The second-order valence-electron chi connectivity index (χ2n) is 4.14. The summed E-state index contributed by atoms with van der Waals surface area (Å²) in [4.78, 5) is 10.9. The Labute approximate surface area is 116 Å². The van der Waals surface area contributed by atoms with Gasteiger partial charge in [0.05, 0.1) is 6.07 Å². The standard InChI is InChI=1S/C14H14N4O2/c1-2-11-3-5-12(6-4-11)20-10-14-13(9-19)16-17-18(14)8-7-15/h3-6,9H,2,8,10H2,1H3. The summed E-state index contributed by atoms with van der Waals surface area (Å²) >= 11 is 0. The summed E-state index contributed by atoms with van der Waals surface area (Å²) in [7, 11) is 0. The molecule has 0 amide bonds. The molecule has 6 heteroatoms. The monoisotopic (exact) mass is 270 g/mol. The Hall–Kier alpha value is -2.68. The van der Waals surface area contributed by atoms with Crippen LogP contribution in [-0.4, -0.2) is 21.3 Å². The van der Waals surface area contributed by atoms with Crippen molar-refractivity contribution in [1.29, 1.82) is 5.26 Å². The van der Waals surface area contributed by atoms with Crippen molar-refractivity contribution in [3.63, 3.8) is 0 Å². The van der Waals surface area contributed by atoms with E-state index in [2.05, 4.69) is 17.2 Å². The zero-order valence-corrected chi connectivity index (χ0v) is 11.1. The third-order valence-corrected chi connectivity index (χ3v) is 2.91. The van der Waals surface area contributed by atoms with Crippen molar-refractivity contribution in [3.8, 4) is 11.8 Å². The molecule has 0 unspecified atom stereocenters. The molecule has 1 heterocycles. The number of carbonyl (C=O) groups excluding carboxylic acids is 1. The number of hydrogen-bond donors (Lipinski definition) is 0. The van der Waals surface area contributed by atoms with E-state index < -0.39 is 0 Å². The molecule has 1 aromatic heterocycles. The second-order valence-corrected chi connectivity index (χ2v) is 4.14. The van der Waals surface area contributed by atoms with Gasteiger partial charge in [-0.2, -0.15) is 5.26 Å². The molecule has 0 aliphatic carbocycles. The van der Waals surface area contributed by atoms with Crippen LogP contribution in [-0.2, 0) is 19.6 Å². The van der Waals surface area contributed by atoms with Crippen molar-refractivity contribution >= 4 is 6.29 Å². The fourth-order valence-corrected chi connectivity index (χ4v) is 1.75. The third-order valence-electron chi connectivity index (χ3n) is 2.91. The molecule has 2 rings (SSSR count). The lowest BCUT2D eigenvalue weighted by molar-refractivity contribution is 0.111. The van der Waals surface area contributed by atoms with Crippen molar-refractivity contribution in [1.82, 2.24) is 15.0 Å². The van der Waals surface area contributed by atoms with Gasteiger partial charge < -0.3 is 4.74 Å². The average molecular weight is 270 g/mol. The first-order valence-corrected chi connectivity index (χ1v) is 6.24. The van der Waals surface area contributed by atoms with Gasteiger partial charge in [-0.05, 0) is 24.1 Å². The Kier molecular flexibility index (Phi) is 4.45. The van der Waals surface area contributed by atoms with Crippen LogP contribution < -0.4 is 4.74 Å². The van der Waals surface area contributed by atoms with E-state index >= 15 is 0 Å². The number of rotatable bonds is 6. The van der Waals surface area contributed by atoms with Crippen molar-refractivity contribution in [3.05, 3.63) is 41.2 Å². The molecule has 0 atom stereocenters. The van der Waals surface area contributed by atoms with E-state index in [1.165, 1.54) is 10.2 Å². The van der Waals surface area contributed by atoms with Crippen LogP contribution in [0.15, 0.2) is 24.3 Å². The quantitative estimate of drug-likeness (QED) is 0.747. The largest absolute Gasteiger partial charge is 0.487 e. The van der Waals surface area contributed by atoms with Gasteiger partial charge in [-0.1, -0.05) is 24.3 Å². The van der Waals surface area contributed by atoms with E-state index in [-0.39, 0.29) is 18.8 Å². The van der Waals surface area contributed by atoms with Crippen LogP contribution in [0.25, 0.3) is 0 Å². The topological polar surface area (TPSA) is 80.8 Å². The number of ether oxygens (including phenoxy) is 1. The zero-order valence-electron chi connectivity index (χ0n) is 11.1. The first kappa shape index (κ1) is 13.7. The van der Waals surface area contributed by atoms with Crippen LogP contribution in [0.4, 0.5) is 0 Å². The van der Waals surface area contributed by atoms with E-state index in [1.54, 1.807) is 0 Å². The highest BCUT2D eigenvalue weighted by atomic mass is 16.5. The van der Waals surface area contributed by atoms with E-state index in [0.717, 1.165) is 6.42 Å². The first-order valence-electron chi connectivity index (χ1n) is 6.24. The van der Waals surface area contributed by atoms with Crippen LogP contribution in [0, 0.1) is 11.3 Å². The fourth-order valence-electron chi connectivity index (χ4n) is 1.75. The van der Waals surface area contributed by atoms with Gasteiger partial charge in [-0.3, -0.25) is 4.79 Å². The van der Waals surface area contributed by atoms with Crippen LogP contribution in [0.1, 0.15) is 28.7 Å². The third kappa shape index (κ3) is 3.01. The molecule has 0 aliphatic rings. The Balaban J connectivity index is 2.11. The highest BCUT2D eigenvalue weighted by Gasteiger charge is 2.12. The van der Waals surface area contributed by atoms with E-state index in [4.69, 9.17) is 10.00 Å². The highest BCUT2D eigenvalue weighted by Crippen LogP contribution is 2.15. The maximum Gasteiger partial charge on any atom is 0.172 e. The molecule has 1 aromatic carbocycles. The number of benzene rings is 1. The number of aldehydes is 1. The minimum absolute atomic E-state index is 0.0360. The molecular formula is C14H14N4O2. The summed E-state index contributed by atoms with van der Waals surface area (Å²) in [5.41, 5.74) is 1.92. The number of aromatic nitrogens is 3. The Morgan fingerprint density at radius 3 is 2.75 bits per heavy atom. The minimum atomic E-state index is 0.0360. The second kappa shape index (κ2) is 6.48. The van der Waals surface area contributed by atoms with Gasteiger partial charge in [-0.15, -0.1) is 5.10 Å². The molecule has 20 heavy (non-hydrogen) atoms. The average Bonchev–Trinajstić information content (AvgIpc) is 2.88. The van der Waals surface area contributed by atoms with E-state index in [9.17, 15) is 4.79 Å². The molecule has 0 saturated carbocycles. The molecular weight excluding hydrogens is 256 g/mol. The van der Waals surface area contributed by atoms with Gasteiger partial charge in [0, 0.05) is 0 Å². The Morgan fingerprint density at radius 2 is 2.15 bits per heavy atom. The fraction of sp³-hybridized carbons (Fsp3) is 0.286. The summed E-state index contributed by atoms with van der Waals surface area (Å²) in [5.74, 6) is 0.698. The molecule has 0 saturated heterocycles. The predicted molar refractivity (Wildman–Crippen MR) is 71.2 cm³/mol. The van der Waals surface area contributed by atoms with Gasteiger partial charge in [0.25, 0.3) is 0 Å². The number of aryl methyl sites for hydroxylation is 1. The van der Waals surface area contributed by atoms with Gasteiger partial charge in [0.15, 0.2) is 12.0 Å². The van der Waals surface area contributed by atoms with Gasteiger partial charge >= 0.3 is 0 Å². The molecule has 0 bridgehead atoms. The summed E-state index contributed by atoms with van der Waals surface area (Å²) in [6.07, 6.45) is 1.58. The minimum Gasteiger partial charge on any atom is -0.487 e. The lowest BCUT2D eigenvalue weighted by atomic mass is 10.2. The van der Waals surface area contributed by atoms with Crippen molar-refractivity contribution in [2.24, 2.45) is 0 Å². The lowest BCUT2D eigenvalue weighted by Gasteiger charge is -2.07. The summed E-state index contributed by atoms with van der Waals surface area (Å²) in [6.45, 7) is 2.26. The first-order chi connectivity index (χ1) is 9.78. The maximum atomic E-state index is 10.9. The number of nitriles is 1. The smallest absolute Gasteiger partial charge is 0.172 e. The predicted octanol–water partition coefficient (Wildman–Crippen LogP) is 1.76. The summed E-state index contributed by atoms with van der Waals surface area (Å²) < 4.78 is 6.98. The van der Waals surface area contributed by atoms with Crippen LogP contribution in [0.2, 0.25) is 0 Å². The van der Waals surface area contributed by atoms with Crippen LogP contribution in [0.3, 0.4) is 0 Å². The highest BCUT2D eigenvalue weighted by molar-refractivity contribution is 5.73. The van der Waals surface area contributed by atoms with E-state index in [0.29, 0.717) is 17.7 Å². The normalized spacial score (nSPS) is 10.0. The van der Waals surface area contributed by atoms with Crippen LogP contribution >= 0.6 is 0 Å².